The largest absolute Gasteiger partial charge is 0.391 e. The van der Waals surface area contributed by atoms with Gasteiger partial charge in [-0.1, -0.05) is 90.9 Å². The molecule has 4 N–H and O–H groups in total. The molecule has 0 aromatic carbocycles. The van der Waals surface area contributed by atoms with Crippen molar-refractivity contribution in [2.24, 2.45) is 0 Å². The topological polar surface area (TPSA) is 80.9 Å². The Morgan fingerprint density at radius 1 is 0.289 bits per heavy atom. The van der Waals surface area contributed by atoms with Crippen LogP contribution in [0.15, 0.2) is 0 Å². The first-order valence-corrected chi connectivity index (χ1v) is 16.7. The Morgan fingerprint density at radius 2 is 0.500 bits per heavy atom. The molecular formula is C32H70N2O4+2. The second-order valence-electron chi connectivity index (χ2n) is 12.0. The van der Waals surface area contributed by atoms with Crippen LogP contribution in [0, 0.1) is 0 Å². The minimum absolute atomic E-state index is 0.171. The van der Waals surface area contributed by atoms with Crippen molar-refractivity contribution in [2.45, 2.75) is 129 Å². The van der Waals surface area contributed by atoms with Crippen molar-refractivity contribution in [2.75, 3.05) is 78.8 Å². The molecule has 38 heavy (non-hydrogen) atoms. The maximum absolute atomic E-state index is 9.82. The lowest BCUT2D eigenvalue weighted by molar-refractivity contribution is -0.935. The summed E-state index contributed by atoms with van der Waals surface area (Å²) < 4.78 is 1.64. The molecule has 230 valence electrons. The molecule has 0 radical (unpaired) electrons. The number of nitrogens with zero attached hydrogens (tertiary/aromatic N) is 2. The number of aliphatic hydroxyl groups excluding tert-OH is 4. The highest BCUT2D eigenvalue weighted by atomic mass is 16.3. The van der Waals surface area contributed by atoms with Gasteiger partial charge < -0.3 is 29.4 Å². The lowest BCUT2D eigenvalue weighted by Crippen LogP contribution is -2.54. The second kappa shape index (κ2) is 27.0. The molecule has 0 amide bonds. The van der Waals surface area contributed by atoms with Crippen molar-refractivity contribution >= 4 is 0 Å². The zero-order chi connectivity index (χ0) is 28.2. The monoisotopic (exact) mass is 547 g/mol. The van der Waals surface area contributed by atoms with Gasteiger partial charge in [-0.15, -0.1) is 0 Å². The summed E-state index contributed by atoms with van der Waals surface area (Å²) in [7, 11) is 0. The number of unbranched alkanes of at least 4 members (excludes halogenated alkanes) is 15. The number of rotatable bonds is 31. The van der Waals surface area contributed by atoms with Gasteiger partial charge in [0, 0.05) is 12.8 Å². The minimum Gasteiger partial charge on any atom is -0.391 e. The summed E-state index contributed by atoms with van der Waals surface area (Å²) in [6.45, 7) is 12.2. The van der Waals surface area contributed by atoms with E-state index in [1.807, 2.05) is 0 Å². The highest BCUT2D eigenvalue weighted by Gasteiger charge is 2.28. The van der Waals surface area contributed by atoms with E-state index in [2.05, 4.69) is 13.8 Å². The minimum atomic E-state index is 0.171. The smallest absolute Gasteiger partial charge is 0.102 e. The van der Waals surface area contributed by atoms with Gasteiger partial charge in [0.25, 0.3) is 0 Å². The van der Waals surface area contributed by atoms with Gasteiger partial charge in [-0.3, -0.25) is 0 Å². The Balaban J connectivity index is 4.68. The van der Waals surface area contributed by atoms with E-state index < -0.39 is 0 Å². The van der Waals surface area contributed by atoms with E-state index in [1.54, 1.807) is 0 Å². The predicted molar refractivity (Wildman–Crippen MR) is 162 cm³/mol. The molecule has 0 heterocycles. The lowest BCUT2D eigenvalue weighted by atomic mass is 10.1. The zero-order valence-electron chi connectivity index (χ0n) is 25.9. The van der Waals surface area contributed by atoms with Crippen molar-refractivity contribution in [3.05, 3.63) is 0 Å². The molecule has 0 atom stereocenters. The van der Waals surface area contributed by atoms with E-state index in [4.69, 9.17) is 0 Å². The standard InChI is InChI=1S/C32H70N2O4/c1-3-5-7-9-11-13-15-17-21-33(25-29-35,26-30-36)23-19-20-24-34(27-31-37,28-32-38)22-18-16-14-12-10-8-6-4-2/h35-38H,3-32H2,1-2H3/q+2. The quantitative estimate of drug-likeness (QED) is 0.0669. The third-order valence-electron chi connectivity index (χ3n) is 8.78. The van der Waals surface area contributed by atoms with Crippen LogP contribution >= 0.6 is 0 Å². The van der Waals surface area contributed by atoms with Gasteiger partial charge in [-0.05, 0) is 25.7 Å². The summed E-state index contributed by atoms with van der Waals surface area (Å²) in [5.41, 5.74) is 0. The Hall–Kier alpha value is -0.240. The maximum atomic E-state index is 9.82. The molecule has 0 spiro atoms. The average molecular weight is 547 g/mol. The number of hydrogen-bond acceptors (Lipinski definition) is 4. The van der Waals surface area contributed by atoms with Crippen molar-refractivity contribution in [3.8, 4) is 0 Å². The first-order valence-electron chi connectivity index (χ1n) is 16.7. The second-order valence-corrected chi connectivity index (χ2v) is 12.0. The van der Waals surface area contributed by atoms with Gasteiger partial charge in [0.2, 0.25) is 0 Å². The molecule has 0 fully saturated rings. The van der Waals surface area contributed by atoms with E-state index in [0.717, 1.165) is 74.2 Å². The maximum Gasteiger partial charge on any atom is 0.102 e. The summed E-state index contributed by atoms with van der Waals surface area (Å²) in [5.74, 6) is 0. The van der Waals surface area contributed by atoms with Crippen LogP contribution in [0.1, 0.15) is 129 Å². The highest BCUT2D eigenvalue weighted by molar-refractivity contribution is 4.54. The van der Waals surface area contributed by atoms with Crippen LogP contribution in [-0.4, -0.2) is 108 Å². The van der Waals surface area contributed by atoms with Crippen LogP contribution in [0.3, 0.4) is 0 Å². The predicted octanol–water partition coefficient (Wildman–Crippen LogP) is 5.65. The zero-order valence-corrected chi connectivity index (χ0v) is 25.9. The third-order valence-corrected chi connectivity index (χ3v) is 8.78. The normalized spacial score (nSPS) is 12.5. The van der Waals surface area contributed by atoms with Gasteiger partial charge in [0.1, 0.15) is 26.2 Å². The van der Waals surface area contributed by atoms with Crippen LogP contribution in [0.2, 0.25) is 0 Å². The molecule has 0 aliphatic carbocycles. The van der Waals surface area contributed by atoms with Gasteiger partial charge >= 0.3 is 0 Å². The van der Waals surface area contributed by atoms with Crippen LogP contribution in [0.25, 0.3) is 0 Å². The highest BCUT2D eigenvalue weighted by Crippen LogP contribution is 2.18. The van der Waals surface area contributed by atoms with E-state index in [1.165, 1.54) is 103 Å². The summed E-state index contributed by atoms with van der Waals surface area (Å²) >= 11 is 0. The van der Waals surface area contributed by atoms with Crippen LogP contribution in [0.5, 0.6) is 0 Å². The molecule has 0 aliphatic heterocycles. The van der Waals surface area contributed by atoms with Crippen LogP contribution in [-0.2, 0) is 0 Å². The molecule has 6 heteroatoms. The molecule has 0 aromatic heterocycles. The van der Waals surface area contributed by atoms with Crippen molar-refractivity contribution in [1.29, 1.82) is 0 Å². The molecule has 6 nitrogen and oxygen atoms in total. The number of quaternary nitrogens is 2. The molecule has 0 unspecified atom stereocenters. The Kier molecular flexibility index (Phi) is 26.8. The van der Waals surface area contributed by atoms with E-state index >= 15 is 0 Å². The van der Waals surface area contributed by atoms with E-state index in [9.17, 15) is 20.4 Å². The SMILES string of the molecule is CCCCCCCCCC[N+](CCO)(CCO)CCCC[N+](CCO)(CCO)CCCCCCCCCC. The summed E-state index contributed by atoms with van der Waals surface area (Å²) in [5, 5.41) is 39.3. The molecule has 0 bridgehead atoms. The van der Waals surface area contributed by atoms with Crippen LogP contribution < -0.4 is 0 Å². The van der Waals surface area contributed by atoms with Gasteiger partial charge in [0.05, 0.1) is 52.6 Å². The van der Waals surface area contributed by atoms with Gasteiger partial charge in [-0.2, -0.15) is 0 Å². The molecule has 0 saturated heterocycles. The first-order chi connectivity index (χ1) is 18.6. The number of hydrogen-bond donors (Lipinski definition) is 4. The van der Waals surface area contributed by atoms with Gasteiger partial charge in [0.15, 0.2) is 0 Å². The Labute approximate surface area is 237 Å². The summed E-state index contributed by atoms with van der Waals surface area (Å²) in [6, 6.07) is 0. The number of aliphatic hydroxyl groups is 4. The fraction of sp³-hybridized carbons (Fsp3) is 1.00. The molecule has 0 rings (SSSR count). The van der Waals surface area contributed by atoms with Crippen molar-refractivity contribution in [3.63, 3.8) is 0 Å². The molecule has 0 aliphatic rings. The van der Waals surface area contributed by atoms with Crippen molar-refractivity contribution in [1.82, 2.24) is 0 Å². The Morgan fingerprint density at radius 3 is 0.737 bits per heavy atom. The first kappa shape index (κ1) is 37.8. The fourth-order valence-electron chi connectivity index (χ4n) is 6.25. The summed E-state index contributed by atoms with van der Waals surface area (Å²) in [4.78, 5) is 0. The van der Waals surface area contributed by atoms with E-state index in [-0.39, 0.29) is 26.4 Å². The summed E-state index contributed by atoms with van der Waals surface area (Å²) in [6.07, 6.45) is 22.9. The fourth-order valence-corrected chi connectivity index (χ4v) is 6.25. The van der Waals surface area contributed by atoms with Gasteiger partial charge in [-0.25, -0.2) is 0 Å². The third kappa shape index (κ3) is 19.8. The van der Waals surface area contributed by atoms with Crippen molar-refractivity contribution < 1.29 is 29.4 Å². The molecule has 0 aromatic rings. The Bertz CT molecular complexity index is 424. The molecular weight excluding hydrogens is 476 g/mol. The molecule has 0 saturated carbocycles. The average Bonchev–Trinajstić information content (AvgIpc) is 2.90. The lowest BCUT2D eigenvalue weighted by Gasteiger charge is -2.40. The van der Waals surface area contributed by atoms with E-state index in [0.29, 0.717) is 0 Å². The van der Waals surface area contributed by atoms with Crippen LogP contribution in [0.4, 0.5) is 0 Å².